The van der Waals surface area contributed by atoms with Crippen molar-refractivity contribution in [1.29, 1.82) is 0 Å². The minimum Gasteiger partial charge on any atom is -0.478 e. The van der Waals surface area contributed by atoms with Gasteiger partial charge in [0.05, 0.1) is 5.56 Å². The molecule has 5 nitrogen and oxygen atoms in total. The Morgan fingerprint density at radius 2 is 1.75 bits per heavy atom. The highest BCUT2D eigenvalue weighted by molar-refractivity contribution is 9.10. The lowest BCUT2D eigenvalue weighted by atomic mass is 10.1. The number of amides is 1. The molecule has 0 heterocycles. The summed E-state index contributed by atoms with van der Waals surface area (Å²) in [7, 11) is 0. The molecule has 0 radical (unpaired) electrons. The van der Waals surface area contributed by atoms with Crippen molar-refractivity contribution in [3.05, 3.63) is 58.1 Å². The molecule has 0 fully saturated rings. The summed E-state index contributed by atoms with van der Waals surface area (Å²) < 4.78 is 6.19. The maximum atomic E-state index is 11.3. The van der Waals surface area contributed by atoms with E-state index in [0.717, 1.165) is 0 Å². The van der Waals surface area contributed by atoms with Crippen LogP contribution in [0.5, 0.6) is 11.5 Å². The summed E-state index contributed by atoms with van der Waals surface area (Å²) >= 11 is 3.24. The summed E-state index contributed by atoms with van der Waals surface area (Å²) in [6, 6.07) is 10.9. The number of ether oxygens (including phenoxy) is 1. The van der Waals surface area contributed by atoms with Crippen molar-refractivity contribution in [2.24, 2.45) is 5.73 Å². The lowest BCUT2D eigenvalue weighted by molar-refractivity contribution is 0.0694. The van der Waals surface area contributed by atoms with Gasteiger partial charge in [-0.2, -0.15) is 0 Å². The zero-order valence-corrected chi connectivity index (χ0v) is 11.8. The molecular formula is C14H10BrNO4. The number of rotatable bonds is 4. The summed E-state index contributed by atoms with van der Waals surface area (Å²) in [4.78, 5) is 22.5. The molecule has 0 aromatic heterocycles. The number of carbonyl (C=O) groups is 2. The van der Waals surface area contributed by atoms with Gasteiger partial charge in [0.2, 0.25) is 0 Å². The van der Waals surface area contributed by atoms with Crippen molar-refractivity contribution in [1.82, 2.24) is 0 Å². The highest BCUT2D eigenvalue weighted by Crippen LogP contribution is 2.30. The van der Waals surface area contributed by atoms with E-state index in [2.05, 4.69) is 15.9 Å². The monoisotopic (exact) mass is 335 g/mol. The van der Waals surface area contributed by atoms with Crippen molar-refractivity contribution in [2.75, 3.05) is 0 Å². The van der Waals surface area contributed by atoms with Crippen molar-refractivity contribution in [2.45, 2.75) is 0 Å². The summed E-state index contributed by atoms with van der Waals surface area (Å²) in [5, 5.41) is 9.13. The van der Waals surface area contributed by atoms with E-state index in [4.69, 9.17) is 15.6 Å². The highest BCUT2D eigenvalue weighted by Gasteiger charge is 2.15. The molecule has 0 unspecified atom stereocenters. The van der Waals surface area contributed by atoms with E-state index in [9.17, 15) is 9.59 Å². The van der Waals surface area contributed by atoms with Crippen molar-refractivity contribution in [3.63, 3.8) is 0 Å². The Hall–Kier alpha value is -2.34. The molecule has 0 aliphatic rings. The fourth-order valence-corrected chi connectivity index (χ4v) is 1.98. The number of carbonyl (C=O) groups excluding carboxylic acids is 1. The first-order valence-corrected chi connectivity index (χ1v) is 6.38. The Bertz CT molecular complexity index is 685. The lowest BCUT2D eigenvalue weighted by Crippen LogP contribution is -2.12. The number of halogens is 1. The number of aromatic carboxylic acids is 1. The molecule has 0 spiro atoms. The van der Waals surface area contributed by atoms with Gasteiger partial charge >= 0.3 is 5.97 Å². The molecule has 20 heavy (non-hydrogen) atoms. The van der Waals surface area contributed by atoms with Crippen molar-refractivity contribution in [3.8, 4) is 11.5 Å². The molecule has 0 bridgehead atoms. The van der Waals surface area contributed by atoms with Crippen LogP contribution in [0.1, 0.15) is 20.7 Å². The van der Waals surface area contributed by atoms with Crippen LogP contribution in [0, 0.1) is 0 Å². The molecule has 2 rings (SSSR count). The maximum Gasteiger partial charge on any atom is 0.339 e. The van der Waals surface area contributed by atoms with Crippen LogP contribution in [-0.4, -0.2) is 17.0 Å². The van der Waals surface area contributed by atoms with E-state index >= 15 is 0 Å². The van der Waals surface area contributed by atoms with Gasteiger partial charge in [0.1, 0.15) is 17.1 Å². The number of hydrogen-bond donors (Lipinski definition) is 2. The summed E-state index contributed by atoms with van der Waals surface area (Å²) in [6.07, 6.45) is 0. The van der Waals surface area contributed by atoms with E-state index in [0.29, 0.717) is 4.47 Å². The molecule has 1 amide bonds. The number of carboxylic acids is 1. The number of carboxylic acid groups (broad SMARTS) is 1. The summed E-state index contributed by atoms with van der Waals surface area (Å²) in [5.74, 6) is -1.43. The zero-order chi connectivity index (χ0) is 14.7. The van der Waals surface area contributed by atoms with Gasteiger partial charge in [-0.3, -0.25) is 4.79 Å². The number of hydrogen-bond acceptors (Lipinski definition) is 3. The maximum absolute atomic E-state index is 11.3. The number of primary amides is 1. The molecule has 0 aliphatic carbocycles. The van der Waals surface area contributed by atoms with E-state index in [-0.39, 0.29) is 22.6 Å². The average Bonchev–Trinajstić information content (AvgIpc) is 2.38. The number of benzene rings is 2. The first kappa shape index (κ1) is 14.1. The Morgan fingerprint density at radius 1 is 1.05 bits per heavy atom. The second-order valence-corrected chi connectivity index (χ2v) is 4.82. The molecular weight excluding hydrogens is 326 g/mol. The van der Waals surface area contributed by atoms with Gasteiger partial charge in [-0.05, 0) is 30.3 Å². The summed E-state index contributed by atoms with van der Waals surface area (Å²) in [5.41, 5.74) is 5.43. The van der Waals surface area contributed by atoms with Gasteiger partial charge in [-0.1, -0.05) is 28.1 Å². The van der Waals surface area contributed by atoms with Gasteiger partial charge in [0.25, 0.3) is 5.91 Å². The van der Waals surface area contributed by atoms with Gasteiger partial charge in [-0.25, -0.2) is 4.79 Å². The second-order valence-electron chi connectivity index (χ2n) is 3.91. The molecule has 0 aliphatic heterocycles. The van der Waals surface area contributed by atoms with Crippen LogP contribution < -0.4 is 10.5 Å². The van der Waals surface area contributed by atoms with Crippen LogP contribution in [0.25, 0.3) is 0 Å². The fraction of sp³-hybridized carbons (Fsp3) is 0. The van der Waals surface area contributed by atoms with Crippen molar-refractivity contribution < 1.29 is 19.4 Å². The van der Waals surface area contributed by atoms with Gasteiger partial charge in [0, 0.05) is 4.47 Å². The Labute approximate surface area is 123 Å². The Morgan fingerprint density at radius 3 is 2.40 bits per heavy atom. The predicted octanol–water partition coefficient (Wildman–Crippen LogP) is 3.04. The minimum absolute atomic E-state index is 0.00697. The van der Waals surface area contributed by atoms with Crippen molar-refractivity contribution >= 4 is 27.8 Å². The number of nitrogens with two attached hydrogens (primary N) is 1. The molecule has 0 saturated heterocycles. The second kappa shape index (κ2) is 5.75. The first-order valence-electron chi connectivity index (χ1n) is 5.58. The lowest BCUT2D eigenvalue weighted by Gasteiger charge is -2.11. The van der Waals surface area contributed by atoms with E-state index in [1.54, 1.807) is 24.3 Å². The van der Waals surface area contributed by atoms with Crippen LogP contribution in [-0.2, 0) is 0 Å². The topological polar surface area (TPSA) is 89.6 Å². The highest BCUT2D eigenvalue weighted by atomic mass is 79.9. The molecule has 0 saturated carbocycles. The van der Waals surface area contributed by atoms with Gasteiger partial charge in [-0.15, -0.1) is 0 Å². The van der Waals surface area contributed by atoms with Crippen LogP contribution in [0.2, 0.25) is 0 Å². The SMILES string of the molecule is NC(=O)c1ccccc1Oc1cc(Br)ccc1C(=O)O. The van der Waals surface area contributed by atoms with Gasteiger partial charge in [0.15, 0.2) is 0 Å². The van der Waals surface area contributed by atoms with Gasteiger partial charge < -0.3 is 15.6 Å². The molecule has 3 N–H and O–H groups in total. The van der Waals surface area contributed by atoms with Crippen LogP contribution in [0.15, 0.2) is 46.9 Å². The standard InChI is InChI=1S/C14H10BrNO4/c15-8-5-6-10(14(18)19)12(7-8)20-11-4-2-1-3-9(11)13(16)17/h1-7H,(H2,16,17)(H,18,19). The smallest absolute Gasteiger partial charge is 0.339 e. The molecule has 2 aromatic rings. The van der Waals surface area contributed by atoms with Crippen LogP contribution >= 0.6 is 15.9 Å². The van der Waals surface area contributed by atoms with Crippen LogP contribution in [0.3, 0.4) is 0 Å². The molecule has 102 valence electrons. The van der Waals surface area contributed by atoms with E-state index in [1.165, 1.54) is 18.2 Å². The van der Waals surface area contributed by atoms with E-state index in [1.807, 2.05) is 0 Å². The number of para-hydroxylation sites is 1. The minimum atomic E-state index is -1.12. The first-order chi connectivity index (χ1) is 9.49. The molecule has 2 aromatic carbocycles. The fourth-order valence-electron chi connectivity index (χ4n) is 1.63. The molecule has 6 heteroatoms. The third-order valence-electron chi connectivity index (χ3n) is 2.55. The summed E-state index contributed by atoms with van der Waals surface area (Å²) in [6.45, 7) is 0. The third-order valence-corrected chi connectivity index (χ3v) is 3.04. The van der Waals surface area contributed by atoms with E-state index < -0.39 is 11.9 Å². The average molecular weight is 336 g/mol. The zero-order valence-electron chi connectivity index (χ0n) is 10.2. The molecule has 0 atom stereocenters. The largest absolute Gasteiger partial charge is 0.478 e. The Balaban J connectivity index is 2.47. The van der Waals surface area contributed by atoms with Crippen LogP contribution in [0.4, 0.5) is 0 Å². The Kier molecular flexibility index (Phi) is 4.05. The normalized spacial score (nSPS) is 10.1. The third kappa shape index (κ3) is 2.97. The quantitative estimate of drug-likeness (QED) is 0.898. The predicted molar refractivity (Wildman–Crippen MR) is 76.1 cm³/mol.